The number of hydrogen-bond donors (Lipinski definition) is 0. The van der Waals surface area contributed by atoms with E-state index in [0.29, 0.717) is 19.4 Å². The van der Waals surface area contributed by atoms with E-state index < -0.39 is 6.10 Å². The SMILES string of the molecule is CC/C=C\C/C=C\C/C=C\CCCCCCCC(=O)OC(COCCCCCCCC/C=C\C/C=C\CCC)COC(=O)CCCCCCCC/C=C\C/C=C\C/C=C\CCCCC. The lowest BCUT2D eigenvalue weighted by Gasteiger charge is -2.18. The standard InChI is InChI=1S/C59H100O5/c1-4-7-10-13-16-19-22-25-28-29-30-31-33-34-37-40-43-46-49-52-58(60)63-56-57(55-62-54-51-48-45-42-39-36-27-24-21-18-15-12-9-6-3)64-59(61)53-50-47-44-41-38-35-32-26-23-20-17-14-11-8-5-2/h8,11-12,15-17,19-21,24-26,28,30-32,57H,4-7,9-10,13-14,18,22-23,27,29,33-56H2,1-3H3/b11-8-,15-12-,19-16-,20-17-,24-21-,28-25-,31-30-,32-26-. The van der Waals surface area contributed by atoms with Crippen LogP contribution in [0.4, 0.5) is 0 Å². The summed E-state index contributed by atoms with van der Waals surface area (Å²) in [6.45, 7) is 7.57. The van der Waals surface area contributed by atoms with Gasteiger partial charge < -0.3 is 14.2 Å². The van der Waals surface area contributed by atoms with Crippen LogP contribution in [0.1, 0.15) is 239 Å². The Morgan fingerprint density at radius 2 is 0.734 bits per heavy atom. The van der Waals surface area contributed by atoms with Crippen LogP contribution in [-0.2, 0) is 23.8 Å². The quantitative estimate of drug-likeness (QED) is 0.0346. The van der Waals surface area contributed by atoms with Crippen molar-refractivity contribution >= 4 is 11.9 Å². The number of unbranched alkanes of at least 4 members (excludes halogenated alkanes) is 21. The van der Waals surface area contributed by atoms with Gasteiger partial charge in [-0.15, -0.1) is 0 Å². The number of carbonyl (C=O) groups excluding carboxylic acids is 2. The smallest absolute Gasteiger partial charge is 0.306 e. The van der Waals surface area contributed by atoms with Crippen LogP contribution < -0.4 is 0 Å². The van der Waals surface area contributed by atoms with Crippen molar-refractivity contribution in [2.24, 2.45) is 0 Å². The minimum Gasteiger partial charge on any atom is -0.462 e. The third kappa shape index (κ3) is 51.5. The largest absolute Gasteiger partial charge is 0.462 e. The summed E-state index contributed by atoms with van der Waals surface area (Å²) < 4.78 is 17.4. The second-order valence-corrected chi connectivity index (χ2v) is 17.4. The van der Waals surface area contributed by atoms with Crippen LogP contribution in [0.25, 0.3) is 0 Å². The average molecular weight is 889 g/mol. The summed E-state index contributed by atoms with van der Waals surface area (Å²) >= 11 is 0. The van der Waals surface area contributed by atoms with Crippen LogP contribution in [-0.4, -0.2) is 37.9 Å². The molecule has 1 unspecified atom stereocenters. The van der Waals surface area contributed by atoms with E-state index >= 15 is 0 Å². The van der Waals surface area contributed by atoms with Gasteiger partial charge in [0.1, 0.15) is 6.61 Å². The Balaban J connectivity index is 4.34. The lowest BCUT2D eigenvalue weighted by atomic mass is 10.1. The fraction of sp³-hybridized carbons (Fsp3) is 0.695. The summed E-state index contributed by atoms with van der Waals surface area (Å²) in [6.07, 6.45) is 72.7. The zero-order chi connectivity index (χ0) is 46.3. The molecule has 5 heteroatoms. The van der Waals surface area contributed by atoms with Crippen LogP contribution >= 0.6 is 0 Å². The number of hydrogen-bond acceptors (Lipinski definition) is 5. The number of allylic oxidation sites excluding steroid dienone is 16. The molecule has 1 atom stereocenters. The summed E-state index contributed by atoms with van der Waals surface area (Å²) in [5.74, 6) is -0.439. The molecule has 0 heterocycles. The fourth-order valence-electron chi connectivity index (χ4n) is 7.10. The van der Waals surface area contributed by atoms with Gasteiger partial charge in [-0.25, -0.2) is 0 Å². The summed E-state index contributed by atoms with van der Waals surface area (Å²) in [5.41, 5.74) is 0. The van der Waals surface area contributed by atoms with Crippen molar-refractivity contribution < 1.29 is 23.8 Å². The highest BCUT2D eigenvalue weighted by atomic mass is 16.6. The van der Waals surface area contributed by atoms with Gasteiger partial charge >= 0.3 is 11.9 Å². The molecule has 366 valence electrons. The highest BCUT2D eigenvalue weighted by Crippen LogP contribution is 2.13. The molecule has 0 rings (SSSR count). The first-order valence-corrected chi connectivity index (χ1v) is 26.8. The molecule has 0 aromatic rings. The van der Waals surface area contributed by atoms with E-state index in [1.165, 1.54) is 103 Å². The van der Waals surface area contributed by atoms with E-state index in [2.05, 4.69) is 118 Å². The van der Waals surface area contributed by atoms with Crippen molar-refractivity contribution in [3.05, 3.63) is 97.2 Å². The first-order chi connectivity index (χ1) is 31.6. The molecule has 64 heavy (non-hydrogen) atoms. The predicted molar refractivity (Wildman–Crippen MR) is 279 cm³/mol. The molecule has 0 aliphatic carbocycles. The van der Waals surface area contributed by atoms with Crippen molar-refractivity contribution in [2.75, 3.05) is 19.8 Å². The molecule has 0 fully saturated rings. The molecule has 0 saturated carbocycles. The van der Waals surface area contributed by atoms with Gasteiger partial charge in [-0.1, -0.05) is 208 Å². The predicted octanol–water partition coefficient (Wildman–Crippen LogP) is 18.2. The first kappa shape index (κ1) is 60.8. The molecule has 0 aromatic carbocycles. The van der Waals surface area contributed by atoms with Gasteiger partial charge in [-0.2, -0.15) is 0 Å². The molecule has 0 aromatic heterocycles. The fourth-order valence-corrected chi connectivity index (χ4v) is 7.10. The third-order valence-electron chi connectivity index (χ3n) is 11.1. The average Bonchev–Trinajstić information content (AvgIpc) is 3.30. The Bertz CT molecular complexity index is 1230. The molecule has 0 bridgehead atoms. The molecule has 0 aliphatic heterocycles. The van der Waals surface area contributed by atoms with Gasteiger partial charge in [0, 0.05) is 19.4 Å². The normalized spacial score (nSPS) is 13.0. The van der Waals surface area contributed by atoms with Gasteiger partial charge in [0.2, 0.25) is 0 Å². The van der Waals surface area contributed by atoms with E-state index in [9.17, 15) is 9.59 Å². The first-order valence-electron chi connectivity index (χ1n) is 26.8. The third-order valence-corrected chi connectivity index (χ3v) is 11.1. The van der Waals surface area contributed by atoms with Crippen molar-refractivity contribution in [1.29, 1.82) is 0 Å². The van der Waals surface area contributed by atoms with Gasteiger partial charge in [0.15, 0.2) is 6.10 Å². The Kier molecular flexibility index (Phi) is 51.5. The van der Waals surface area contributed by atoms with E-state index in [1.807, 2.05) is 0 Å². The van der Waals surface area contributed by atoms with E-state index in [1.54, 1.807) is 0 Å². The molecule has 0 amide bonds. The van der Waals surface area contributed by atoms with Gasteiger partial charge in [-0.3, -0.25) is 9.59 Å². The number of esters is 2. The minimum atomic E-state index is -0.562. The maximum atomic E-state index is 12.8. The van der Waals surface area contributed by atoms with Crippen molar-refractivity contribution in [3.8, 4) is 0 Å². The maximum Gasteiger partial charge on any atom is 0.306 e. The second-order valence-electron chi connectivity index (χ2n) is 17.4. The molecule has 5 nitrogen and oxygen atoms in total. The van der Waals surface area contributed by atoms with Crippen LogP contribution in [0.5, 0.6) is 0 Å². The second kappa shape index (κ2) is 54.2. The zero-order valence-corrected chi connectivity index (χ0v) is 42.0. The van der Waals surface area contributed by atoms with E-state index in [4.69, 9.17) is 14.2 Å². The van der Waals surface area contributed by atoms with Crippen LogP contribution in [0.2, 0.25) is 0 Å². The molecule has 0 aliphatic rings. The highest BCUT2D eigenvalue weighted by molar-refractivity contribution is 5.70. The van der Waals surface area contributed by atoms with Crippen LogP contribution in [0, 0.1) is 0 Å². The number of carbonyl (C=O) groups is 2. The summed E-state index contributed by atoms with van der Waals surface area (Å²) in [6, 6.07) is 0. The molecular formula is C59H100O5. The van der Waals surface area contributed by atoms with E-state index in [-0.39, 0.29) is 25.2 Å². The lowest BCUT2D eigenvalue weighted by molar-refractivity contribution is -0.163. The van der Waals surface area contributed by atoms with Crippen LogP contribution in [0.3, 0.4) is 0 Å². The molecule has 0 radical (unpaired) electrons. The Hall–Kier alpha value is -3.18. The van der Waals surface area contributed by atoms with Gasteiger partial charge in [-0.05, 0) is 116 Å². The van der Waals surface area contributed by atoms with Crippen molar-refractivity contribution in [3.63, 3.8) is 0 Å². The molecular weight excluding hydrogens is 789 g/mol. The molecule has 0 spiro atoms. The Morgan fingerprint density at radius 3 is 1.19 bits per heavy atom. The number of ether oxygens (including phenoxy) is 3. The molecule has 0 N–H and O–H groups in total. The summed E-state index contributed by atoms with van der Waals surface area (Å²) in [7, 11) is 0. The number of rotatable bonds is 48. The topological polar surface area (TPSA) is 61.8 Å². The zero-order valence-electron chi connectivity index (χ0n) is 42.0. The van der Waals surface area contributed by atoms with Gasteiger partial charge in [0.05, 0.1) is 6.61 Å². The van der Waals surface area contributed by atoms with Crippen molar-refractivity contribution in [1.82, 2.24) is 0 Å². The Morgan fingerprint density at radius 1 is 0.359 bits per heavy atom. The van der Waals surface area contributed by atoms with E-state index in [0.717, 1.165) is 103 Å². The monoisotopic (exact) mass is 889 g/mol. The lowest BCUT2D eigenvalue weighted by Crippen LogP contribution is -2.30. The maximum absolute atomic E-state index is 12.8. The Labute approximate surface area is 396 Å². The van der Waals surface area contributed by atoms with Crippen molar-refractivity contribution in [2.45, 2.75) is 245 Å². The summed E-state index contributed by atoms with van der Waals surface area (Å²) in [4.78, 5) is 25.4. The van der Waals surface area contributed by atoms with Gasteiger partial charge in [0.25, 0.3) is 0 Å². The van der Waals surface area contributed by atoms with Crippen LogP contribution in [0.15, 0.2) is 97.2 Å². The minimum absolute atomic E-state index is 0.0622. The molecule has 0 saturated heterocycles. The summed E-state index contributed by atoms with van der Waals surface area (Å²) in [5, 5.41) is 0. The highest BCUT2D eigenvalue weighted by Gasteiger charge is 2.17.